The number of fused-ring (bicyclic) bond motifs is 1. The van der Waals surface area contributed by atoms with Crippen LogP contribution in [0.4, 0.5) is 18.9 Å². The van der Waals surface area contributed by atoms with Crippen LogP contribution in [0.3, 0.4) is 0 Å². The molecule has 0 bridgehead atoms. The summed E-state index contributed by atoms with van der Waals surface area (Å²) >= 11 is 15.3. The molecule has 1 aromatic carbocycles. The fraction of sp³-hybridized carbons (Fsp3) is 0.222. The topological polar surface area (TPSA) is 54.6 Å². The summed E-state index contributed by atoms with van der Waals surface area (Å²) in [4.78, 5) is 13.5. The van der Waals surface area contributed by atoms with Gasteiger partial charge in [-0.15, -0.1) is 0 Å². The Kier molecular flexibility index (Phi) is 8.95. The zero-order valence-corrected chi connectivity index (χ0v) is 24.9. The average molecular weight is 610 g/mol. The molecule has 4 aromatic rings. The second-order valence-electron chi connectivity index (χ2n) is 9.00. The van der Waals surface area contributed by atoms with Gasteiger partial charge in [0.25, 0.3) is 0 Å². The van der Waals surface area contributed by atoms with Gasteiger partial charge in [-0.3, -0.25) is 14.4 Å². The van der Waals surface area contributed by atoms with Crippen LogP contribution in [0.5, 0.6) is 0 Å². The van der Waals surface area contributed by atoms with Crippen molar-refractivity contribution in [2.45, 2.75) is 39.0 Å². The van der Waals surface area contributed by atoms with E-state index in [1.54, 1.807) is 32.2 Å². The van der Waals surface area contributed by atoms with Crippen molar-refractivity contribution >= 4 is 60.1 Å². The minimum Gasteiger partial charge on any atom is -0.325 e. The molecule has 12 heteroatoms. The molecule has 1 unspecified atom stereocenters. The Morgan fingerprint density at radius 3 is 2.67 bits per heavy atom. The first kappa shape index (κ1) is 29.4. The highest BCUT2D eigenvalue weighted by Gasteiger charge is 2.26. The number of nitrogens with zero attached hydrogens (tertiary/aromatic N) is 4. The molecule has 0 saturated carbocycles. The number of aryl methyl sites for hydroxylation is 1. The minimum atomic E-state index is -2.47. The number of thiol groups is 2. The van der Waals surface area contributed by atoms with Crippen LogP contribution in [0.2, 0.25) is 5.02 Å². The van der Waals surface area contributed by atoms with Gasteiger partial charge in [0.05, 0.1) is 33.2 Å². The normalized spacial score (nSPS) is 13.8. The van der Waals surface area contributed by atoms with E-state index in [1.807, 2.05) is 6.08 Å². The molecule has 39 heavy (non-hydrogen) atoms. The van der Waals surface area contributed by atoms with E-state index in [-0.39, 0.29) is 11.3 Å². The largest absolute Gasteiger partial charge is 0.325 e. The molecular weight excluding hydrogens is 583 g/mol. The van der Waals surface area contributed by atoms with Gasteiger partial charge in [0.1, 0.15) is 17.8 Å². The van der Waals surface area contributed by atoms with Crippen LogP contribution >= 0.6 is 43.2 Å². The first-order valence-corrected chi connectivity index (χ1v) is 16.1. The summed E-state index contributed by atoms with van der Waals surface area (Å²) in [7, 11) is -2.47. The lowest BCUT2D eigenvalue weighted by atomic mass is 10.0. The summed E-state index contributed by atoms with van der Waals surface area (Å²) in [6.07, 6.45) is 7.41. The lowest BCUT2D eigenvalue weighted by Crippen LogP contribution is -2.07. The lowest BCUT2D eigenvalue weighted by molar-refractivity contribution is 0.559. The van der Waals surface area contributed by atoms with Crippen molar-refractivity contribution in [3.63, 3.8) is 0 Å². The van der Waals surface area contributed by atoms with E-state index in [0.717, 1.165) is 16.9 Å². The molecule has 0 fully saturated rings. The third-order valence-electron chi connectivity index (χ3n) is 6.24. The number of benzene rings is 1. The molecular formula is C27H27ClF3N5S3. The standard InChI is InChI=1S/C27H27ClF3N5S3/c1-5-15(2)10-11-32-17(4)26-22-9-6-19(27(31)36(22)14-34-26)24-20(29)7-8-21(25(24)30)35-39(37,38)23-12-18(28)13-33-16(23)3/h6-15,35,37-38H,5H2,1-4H3/b11-10-,32-17?. The van der Waals surface area contributed by atoms with Gasteiger partial charge in [-0.1, -0.05) is 61.3 Å². The Morgan fingerprint density at radius 1 is 1.21 bits per heavy atom. The molecule has 0 radical (unpaired) electrons. The summed E-state index contributed by atoms with van der Waals surface area (Å²) in [5.41, 5.74) is 1.16. The second-order valence-corrected chi connectivity index (χ2v) is 15.3. The average Bonchev–Trinajstić information content (AvgIpc) is 3.33. The summed E-state index contributed by atoms with van der Waals surface area (Å²) < 4.78 is 50.5. The first-order chi connectivity index (χ1) is 18.4. The summed E-state index contributed by atoms with van der Waals surface area (Å²) in [5.74, 6) is -2.41. The van der Waals surface area contributed by atoms with Crippen molar-refractivity contribution in [1.82, 2.24) is 14.4 Å². The Labute approximate surface area is 241 Å². The predicted octanol–water partition coefficient (Wildman–Crippen LogP) is 9.02. The van der Waals surface area contributed by atoms with Gasteiger partial charge in [0.2, 0.25) is 5.95 Å². The predicted molar refractivity (Wildman–Crippen MR) is 163 cm³/mol. The van der Waals surface area contributed by atoms with Crippen molar-refractivity contribution < 1.29 is 13.2 Å². The Morgan fingerprint density at radius 2 is 1.95 bits per heavy atom. The smallest absolute Gasteiger partial charge is 0.207 e. The SMILES string of the molecule is CCC(C)/C=C\N=C(C)c1ncn2c(F)c(-c3c(F)ccc(NS(S)(S)c4cc(Cl)cnc4C)c3F)ccc12. The molecule has 5 nitrogen and oxygen atoms in total. The van der Waals surface area contributed by atoms with Crippen molar-refractivity contribution in [1.29, 1.82) is 0 Å². The highest BCUT2D eigenvalue weighted by Crippen LogP contribution is 2.64. The summed E-state index contributed by atoms with van der Waals surface area (Å²) in [6.45, 7) is 7.67. The molecule has 0 aliphatic rings. The monoisotopic (exact) mass is 609 g/mol. The van der Waals surface area contributed by atoms with Crippen molar-refractivity contribution in [3.05, 3.63) is 89.1 Å². The molecule has 1 atom stereocenters. The number of hydrogen-bond acceptors (Lipinski definition) is 6. The van der Waals surface area contributed by atoms with Crippen LogP contribution in [0.25, 0.3) is 16.6 Å². The van der Waals surface area contributed by atoms with E-state index in [2.05, 4.69) is 56.9 Å². The van der Waals surface area contributed by atoms with Gasteiger partial charge in [-0.2, -0.15) is 4.39 Å². The maximum Gasteiger partial charge on any atom is 0.207 e. The lowest BCUT2D eigenvalue weighted by Gasteiger charge is -2.32. The van der Waals surface area contributed by atoms with Crippen LogP contribution in [0.15, 0.2) is 65.0 Å². The Bertz CT molecular complexity index is 1600. The van der Waals surface area contributed by atoms with Crippen LogP contribution in [0, 0.1) is 30.4 Å². The third-order valence-corrected chi connectivity index (χ3v) is 9.71. The number of aromatic nitrogens is 3. The van der Waals surface area contributed by atoms with Gasteiger partial charge >= 0.3 is 0 Å². The quantitative estimate of drug-likeness (QED) is 0.0808. The number of imidazole rings is 1. The molecule has 4 rings (SSSR count). The molecule has 0 aliphatic carbocycles. The Balaban J connectivity index is 1.74. The molecule has 206 valence electrons. The van der Waals surface area contributed by atoms with Gasteiger partial charge in [0, 0.05) is 22.9 Å². The van der Waals surface area contributed by atoms with Crippen LogP contribution < -0.4 is 4.72 Å². The van der Waals surface area contributed by atoms with Gasteiger partial charge in [-0.05, 0) is 58.4 Å². The van der Waals surface area contributed by atoms with Crippen LogP contribution in [-0.4, -0.2) is 20.1 Å². The van der Waals surface area contributed by atoms with E-state index < -0.39 is 31.4 Å². The number of anilines is 1. The van der Waals surface area contributed by atoms with Crippen molar-refractivity contribution in [2.75, 3.05) is 4.72 Å². The number of allylic oxidation sites excluding steroid dienone is 1. The number of hydrogen-bond donors (Lipinski definition) is 3. The van der Waals surface area contributed by atoms with E-state index in [4.69, 9.17) is 11.6 Å². The van der Waals surface area contributed by atoms with Crippen LogP contribution in [0.1, 0.15) is 38.6 Å². The summed E-state index contributed by atoms with van der Waals surface area (Å²) in [5, 5.41) is 0.361. The molecule has 3 heterocycles. The molecule has 3 aromatic heterocycles. The minimum absolute atomic E-state index is 0.104. The number of nitrogens with one attached hydrogen (secondary N) is 1. The van der Waals surface area contributed by atoms with E-state index in [1.165, 1.54) is 24.7 Å². The van der Waals surface area contributed by atoms with Gasteiger partial charge < -0.3 is 4.72 Å². The number of pyridine rings is 2. The first-order valence-electron chi connectivity index (χ1n) is 12.0. The van der Waals surface area contributed by atoms with Crippen molar-refractivity contribution in [3.8, 4) is 11.1 Å². The van der Waals surface area contributed by atoms with E-state index in [0.29, 0.717) is 38.5 Å². The highest BCUT2D eigenvalue weighted by molar-refractivity contribution is 9.18. The fourth-order valence-corrected chi connectivity index (χ4v) is 7.11. The van der Waals surface area contributed by atoms with Gasteiger partial charge in [0.15, 0.2) is 5.82 Å². The Hall–Kier alpha value is -2.60. The molecule has 0 aliphatic heterocycles. The molecule has 0 spiro atoms. The molecule has 0 amide bonds. The molecule has 0 saturated heterocycles. The zero-order valence-electron chi connectivity index (χ0n) is 21.6. The fourth-order valence-electron chi connectivity index (χ4n) is 3.86. The van der Waals surface area contributed by atoms with Crippen LogP contribution in [-0.2, 0) is 0 Å². The highest BCUT2D eigenvalue weighted by atomic mass is 35.5. The third kappa shape index (κ3) is 6.11. The number of rotatable bonds is 8. The second kappa shape index (κ2) is 11.9. The number of halogens is 4. The number of aliphatic imine (C=N–C) groups is 1. The maximum absolute atomic E-state index is 15.8. The van der Waals surface area contributed by atoms with E-state index in [9.17, 15) is 4.39 Å². The summed E-state index contributed by atoms with van der Waals surface area (Å²) in [6, 6.07) is 6.80. The maximum atomic E-state index is 15.8. The van der Waals surface area contributed by atoms with Crippen molar-refractivity contribution in [2.24, 2.45) is 10.9 Å². The zero-order chi connectivity index (χ0) is 28.5. The van der Waals surface area contributed by atoms with Gasteiger partial charge in [-0.25, -0.2) is 13.8 Å². The van der Waals surface area contributed by atoms with E-state index >= 15 is 8.78 Å². The molecule has 1 N–H and O–H groups in total.